The highest BCUT2D eigenvalue weighted by Crippen LogP contribution is 2.31. The van der Waals surface area contributed by atoms with E-state index in [2.05, 4.69) is 14.9 Å². The Kier molecular flexibility index (Phi) is 5.14. The topological polar surface area (TPSA) is 87.6 Å². The van der Waals surface area contributed by atoms with E-state index in [9.17, 15) is 9.59 Å². The van der Waals surface area contributed by atoms with E-state index in [0.29, 0.717) is 30.3 Å². The summed E-state index contributed by atoms with van der Waals surface area (Å²) in [5, 5.41) is 0.177. The molecule has 1 atom stereocenters. The van der Waals surface area contributed by atoms with E-state index in [-0.39, 0.29) is 36.7 Å². The molecule has 0 saturated carbocycles. The lowest BCUT2D eigenvalue weighted by Crippen LogP contribution is -2.51. The number of nitrogens with zero attached hydrogens (tertiary/aromatic N) is 5. The Morgan fingerprint density at radius 2 is 1.97 bits per heavy atom. The zero-order chi connectivity index (χ0) is 21.4. The molecule has 0 spiro atoms. The third-order valence-corrected chi connectivity index (χ3v) is 6.04. The SMILES string of the molecule is O=C(CCN1C(=O)C2C=C3OCOC3=CC2=NC1=S)N1CCN(c2ccccn2)CC1. The van der Waals surface area contributed by atoms with Gasteiger partial charge in [0.05, 0.1) is 5.71 Å². The van der Waals surface area contributed by atoms with Gasteiger partial charge in [-0.15, -0.1) is 0 Å². The Hall–Kier alpha value is -3.27. The third kappa shape index (κ3) is 3.78. The number of ether oxygens (including phenoxy) is 2. The number of piperazine rings is 1. The number of carbonyl (C=O) groups is 2. The fourth-order valence-corrected chi connectivity index (χ4v) is 4.32. The smallest absolute Gasteiger partial charge is 0.241 e. The van der Waals surface area contributed by atoms with Crippen molar-refractivity contribution in [3.63, 3.8) is 0 Å². The van der Waals surface area contributed by atoms with Crippen LogP contribution < -0.4 is 4.90 Å². The highest BCUT2D eigenvalue weighted by atomic mass is 32.1. The Labute approximate surface area is 184 Å². The number of anilines is 1. The van der Waals surface area contributed by atoms with Gasteiger partial charge in [-0.1, -0.05) is 6.07 Å². The van der Waals surface area contributed by atoms with Crippen LogP contribution >= 0.6 is 12.2 Å². The standard InChI is InChI=1S/C21H21N5O4S/c27-19(25-9-7-24(8-10-25)18-3-1-2-5-22-18)4-6-26-20(28)14-11-16-17(30-13-29-16)12-15(14)23-21(26)31/h1-3,5,11-12,14H,4,6-10,13H2. The predicted molar refractivity (Wildman–Crippen MR) is 116 cm³/mol. The number of carbonyl (C=O) groups excluding carboxylic acids is 2. The van der Waals surface area contributed by atoms with Crippen LogP contribution in [0.2, 0.25) is 0 Å². The summed E-state index contributed by atoms with van der Waals surface area (Å²) >= 11 is 5.33. The van der Waals surface area contributed by atoms with Gasteiger partial charge < -0.3 is 19.3 Å². The normalized spacial score (nSPS) is 22.6. The lowest BCUT2D eigenvalue weighted by molar-refractivity contribution is -0.133. The molecule has 0 aromatic carbocycles. The van der Waals surface area contributed by atoms with Crippen molar-refractivity contribution in [3.8, 4) is 0 Å². The largest absolute Gasteiger partial charge is 0.454 e. The molecule has 1 unspecified atom stereocenters. The predicted octanol–water partition coefficient (Wildman–Crippen LogP) is 1.09. The summed E-state index contributed by atoms with van der Waals surface area (Å²) < 4.78 is 10.7. The zero-order valence-electron chi connectivity index (χ0n) is 16.8. The maximum atomic E-state index is 13.0. The Balaban J connectivity index is 1.18. The number of hydrogen-bond acceptors (Lipinski definition) is 7. The van der Waals surface area contributed by atoms with E-state index < -0.39 is 5.92 Å². The van der Waals surface area contributed by atoms with E-state index in [1.165, 1.54) is 4.90 Å². The summed E-state index contributed by atoms with van der Waals surface area (Å²) in [6, 6.07) is 5.81. The molecule has 4 heterocycles. The zero-order valence-corrected chi connectivity index (χ0v) is 17.6. The number of allylic oxidation sites excluding steroid dienone is 1. The number of amides is 2. The van der Waals surface area contributed by atoms with Crippen LogP contribution in [0.4, 0.5) is 5.82 Å². The second-order valence-corrected chi connectivity index (χ2v) is 7.90. The van der Waals surface area contributed by atoms with Crippen molar-refractivity contribution in [1.29, 1.82) is 0 Å². The number of hydrogen-bond donors (Lipinski definition) is 0. The highest BCUT2D eigenvalue weighted by molar-refractivity contribution is 7.80. The Morgan fingerprint density at radius 1 is 1.16 bits per heavy atom. The fraction of sp³-hybridized carbons (Fsp3) is 0.381. The number of aliphatic imine (C=N–C) groups is 1. The van der Waals surface area contributed by atoms with Gasteiger partial charge in [0.2, 0.25) is 23.7 Å². The van der Waals surface area contributed by atoms with E-state index in [0.717, 1.165) is 18.9 Å². The van der Waals surface area contributed by atoms with Crippen molar-refractivity contribution < 1.29 is 19.1 Å². The third-order valence-electron chi connectivity index (χ3n) is 5.73. The number of pyridine rings is 1. The van der Waals surface area contributed by atoms with Gasteiger partial charge in [-0.2, -0.15) is 0 Å². The molecular weight excluding hydrogens is 418 g/mol. The lowest BCUT2D eigenvalue weighted by atomic mass is 9.94. The number of thiocarbonyl (C=S) groups is 1. The molecular formula is C21H21N5O4S. The summed E-state index contributed by atoms with van der Waals surface area (Å²) in [5.41, 5.74) is 0.549. The molecule has 1 aromatic rings. The molecule has 160 valence electrons. The van der Waals surface area contributed by atoms with Crippen molar-refractivity contribution in [2.24, 2.45) is 10.9 Å². The molecule has 2 amide bonds. The van der Waals surface area contributed by atoms with Crippen LogP contribution in [0.1, 0.15) is 6.42 Å². The molecule has 1 aliphatic carbocycles. The second-order valence-electron chi connectivity index (χ2n) is 7.54. The van der Waals surface area contributed by atoms with Crippen LogP contribution in [0, 0.1) is 5.92 Å². The molecule has 0 bridgehead atoms. The minimum absolute atomic E-state index is 0.00255. The maximum Gasteiger partial charge on any atom is 0.241 e. The first-order valence-electron chi connectivity index (χ1n) is 10.2. The van der Waals surface area contributed by atoms with Crippen LogP contribution in [0.25, 0.3) is 0 Å². The molecule has 0 radical (unpaired) electrons. The molecule has 1 aromatic heterocycles. The molecule has 31 heavy (non-hydrogen) atoms. The summed E-state index contributed by atoms with van der Waals surface area (Å²) in [6.45, 7) is 3.03. The molecule has 5 rings (SSSR count). The van der Waals surface area contributed by atoms with Crippen molar-refractivity contribution in [3.05, 3.63) is 48.1 Å². The van der Waals surface area contributed by atoms with E-state index >= 15 is 0 Å². The van der Waals surface area contributed by atoms with Gasteiger partial charge in [-0.05, 0) is 30.4 Å². The first-order chi connectivity index (χ1) is 15.1. The van der Waals surface area contributed by atoms with Gasteiger partial charge in [0.15, 0.2) is 11.5 Å². The molecule has 4 aliphatic rings. The van der Waals surface area contributed by atoms with Gasteiger partial charge in [-0.3, -0.25) is 14.5 Å². The van der Waals surface area contributed by atoms with Crippen molar-refractivity contribution in [1.82, 2.24) is 14.8 Å². The molecule has 2 fully saturated rings. The van der Waals surface area contributed by atoms with E-state index in [4.69, 9.17) is 21.7 Å². The quantitative estimate of drug-likeness (QED) is 0.649. The first-order valence-corrected chi connectivity index (χ1v) is 10.6. The Bertz CT molecular complexity index is 1010. The maximum absolute atomic E-state index is 13.0. The van der Waals surface area contributed by atoms with Gasteiger partial charge in [-0.25, -0.2) is 9.98 Å². The van der Waals surface area contributed by atoms with Crippen LogP contribution in [-0.2, 0) is 19.1 Å². The molecule has 10 heteroatoms. The molecule has 0 N–H and O–H groups in total. The molecule has 3 aliphatic heterocycles. The minimum atomic E-state index is -0.566. The van der Waals surface area contributed by atoms with Crippen LogP contribution in [0.5, 0.6) is 0 Å². The monoisotopic (exact) mass is 439 g/mol. The van der Waals surface area contributed by atoms with Crippen molar-refractivity contribution in [2.45, 2.75) is 6.42 Å². The lowest BCUT2D eigenvalue weighted by Gasteiger charge is -2.36. The van der Waals surface area contributed by atoms with E-state index in [1.807, 2.05) is 23.1 Å². The van der Waals surface area contributed by atoms with Gasteiger partial charge in [0.25, 0.3) is 0 Å². The average molecular weight is 439 g/mol. The number of rotatable bonds is 4. The number of fused-ring (bicyclic) bond motifs is 2. The van der Waals surface area contributed by atoms with Gasteiger partial charge >= 0.3 is 0 Å². The minimum Gasteiger partial charge on any atom is -0.454 e. The summed E-state index contributed by atoms with van der Waals surface area (Å²) in [5.74, 6) is 1.28. The van der Waals surface area contributed by atoms with Crippen LogP contribution in [0.15, 0.2) is 53.1 Å². The fourth-order valence-electron chi connectivity index (χ4n) is 4.03. The summed E-state index contributed by atoms with van der Waals surface area (Å²) in [7, 11) is 0. The molecule has 2 saturated heterocycles. The van der Waals surface area contributed by atoms with Gasteiger partial charge in [0.1, 0.15) is 11.7 Å². The highest BCUT2D eigenvalue weighted by Gasteiger charge is 2.38. The van der Waals surface area contributed by atoms with E-state index in [1.54, 1.807) is 18.3 Å². The summed E-state index contributed by atoms with van der Waals surface area (Å²) in [6.07, 6.45) is 5.37. The second kappa shape index (κ2) is 8.10. The van der Waals surface area contributed by atoms with Crippen molar-refractivity contribution in [2.75, 3.05) is 44.4 Å². The summed E-state index contributed by atoms with van der Waals surface area (Å²) in [4.78, 5) is 39.9. The van der Waals surface area contributed by atoms with Gasteiger partial charge in [0, 0.05) is 51.4 Å². The van der Waals surface area contributed by atoms with Crippen molar-refractivity contribution >= 4 is 40.7 Å². The Morgan fingerprint density at radius 3 is 2.74 bits per heavy atom. The van der Waals surface area contributed by atoms with Crippen LogP contribution in [-0.4, -0.2) is 76.9 Å². The van der Waals surface area contributed by atoms with Crippen LogP contribution in [0.3, 0.4) is 0 Å². The molecule has 9 nitrogen and oxygen atoms in total. The first kappa shape index (κ1) is 19.7. The average Bonchev–Trinajstić information content (AvgIpc) is 3.26. The number of aromatic nitrogens is 1.